The molecule has 1 heterocycles. The van der Waals surface area contributed by atoms with E-state index in [1.807, 2.05) is 17.1 Å². The zero-order chi connectivity index (χ0) is 21.4. The van der Waals surface area contributed by atoms with Crippen LogP contribution in [0.3, 0.4) is 0 Å². The first kappa shape index (κ1) is 21.2. The first-order chi connectivity index (χ1) is 15.0. The Kier molecular flexibility index (Phi) is 5.92. The molecule has 0 amide bonds. The van der Waals surface area contributed by atoms with Gasteiger partial charge in [0.05, 0.1) is 6.04 Å². The monoisotopic (exact) mass is 424 g/mol. The number of nitrogens with zero attached hydrogens (tertiary/aromatic N) is 2. The molecular weight excluding hydrogens is 387 g/mol. The Bertz CT molecular complexity index is 812. The molecule has 0 radical (unpaired) electrons. The third-order valence-electron chi connectivity index (χ3n) is 8.62. The minimum absolute atomic E-state index is 0.142. The molecule has 0 N–H and O–H groups in total. The molecule has 1 aromatic carbocycles. The summed E-state index contributed by atoms with van der Waals surface area (Å²) in [5.41, 5.74) is 1.77. The molecule has 3 nitrogen and oxygen atoms in total. The Morgan fingerprint density at radius 1 is 1.10 bits per heavy atom. The van der Waals surface area contributed by atoms with Gasteiger partial charge >= 0.3 is 0 Å². The Labute approximate surface area is 186 Å². The zero-order valence-corrected chi connectivity index (χ0v) is 19.0. The van der Waals surface area contributed by atoms with Crippen LogP contribution < -0.4 is 0 Å². The number of hydrogen-bond donors (Lipinski definition) is 0. The molecular formula is C27H37FN2O. The van der Waals surface area contributed by atoms with Crippen molar-refractivity contribution in [1.82, 2.24) is 5.01 Å². The van der Waals surface area contributed by atoms with Gasteiger partial charge in [-0.15, -0.1) is 0 Å². The molecule has 4 aliphatic carbocycles. The molecule has 4 saturated carbocycles. The predicted octanol–water partition coefficient (Wildman–Crippen LogP) is 6.68. The predicted molar refractivity (Wildman–Crippen MR) is 122 cm³/mol. The van der Waals surface area contributed by atoms with Crippen LogP contribution in [0.1, 0.15) is 95.6 Å². The van der Waals surface area contributed by atoms with E-state index in [0.717, 1.165) is 50.0 Å². The largest absolute Gasteiger partial charge is 0.293 e. The van der Waals surface area contributed by atoms with Gasteiger partial charge in [0.1, 0.15) is 11.5 Å². The summed E-state index contributed by atoms with van der Waals surface area (Å²) >= 11 is 0. The molecule has 31 heavy (non-hydrogen) atoms. The van der Waals surface area contributed by atoms with Crippen molar-refractivity contribution in [2.75, 3.05) is 6.54 Å². The number of hydrazone groups is 1. The molecule has 4 bridgehead atoms. The summed E-state index contributed by atoms with van der Waals surface area (Å²) in [7, 11) is 0. The van der Waals surface area contributed by atoms with Gasteiger partial charge in [-0.2, -0.15) is 5.10 Å². The third kappa shape index (κ3) is 4.32. The molecule has 1 aromatic rings. The number of Topliss-reactive ketones (excluding diaryl/α,β-unsaturated/α-hetero) is 1. The van der Waals surface area contributed by atoms with Gasteiger partial charge in [0.2, 0.25) is 0 Å². The van der Waals surface area contributed by atoms with E-state index >= 15 is 0 Å². The second kappa shape index (κ2) is 8.67. The molecule has 168 valence electrons. The second-order valence-corrected chi connectivity index (χ2v) is 11.0. The van der Waals surface area contributed by atoms with Gasteiger partial charge in [-0.3, -0.25) is 9.80 Å². The van der Waals surface area contributed by atoms with E-state index in [4.69, 9.17) is 5.10 Å². The number of ketones is 1. The second-order valence-electron chi connectivity index (χ2n) is 11.0. The highest BCUT2D eigenvalue weighted by Crippen LogP contribution is 2.61. The van der Waals surface area contributed by atoms with Gasteiger partial charge < -0.3 is 0 Å². The van der Waals surface area contributed by atoms with Gasteiger partial charge in [0.25, 0.3) is 0 Å². The van der Waals surface area contributed by atoms with Crippen molar-refractivity contribution in [2.24, 2.45) is 28.3 Å². The molecule has 4 fully saturated rings. The number of halogens is 1. The number of hydrogen-bond acceptors (Lipinski definition) is 3. The number of rotatable bonds is 9. The average molecular weight is 425 g/mol. The fourth-order valence-electron chi connectivity index (χ4n) is 7.59. The molecule has 1 aliphatic heterocycles. The highest BCUT2D eigenvalue weighted by molar-refractivity contribution is 6.40. The van der Waals surface area contributed by atoms with Crippen LogP contribution in [0.2, 0.25) is 0 Å². The fraction of sp³-hybridized carbons (Fsp3) is 0.704. The van der Waals surface area contributed by atoms with E-state index in [1.54, 1.807) is 6.07 Å². The highest BCUT2D eigenvalue weighted by Gasteiger charge is 2.50. The molecule has 6 rings (SSSR count). The minimum atomic E-state index is -0.189. The Morgan fingerprint density at radius 3 is 2.42 bits per heavy atom. The first-order valence-corrected chi connectivity index (χ1v) is 12.7. The quantitative estimate of drug-likeness (QED) is 0.414. The van der Waals surface area contributed by atoms with E-state index in [2.05, 4.69) is 6.92 Å². The zero-order valence-electron chi connectivity index (χ0n) is 19.0. The number of carbonyl (C=O) groups is 1. The Morgan fingerprint density at radius 2 is 1.77 bits per heavy atom. The SMILES string of the molecule is CCCCCN1N=C(C(=O)CCC23CC4CC(CC(C4)C2)C3)CC1c1ccccc1F. The summed E-state index contributed by atoms with van der Waals surface area (Å²) in [5.74, 6) is 2.78. The summed E-state index contributed by atoms with van der Waals surface area (Å²) in [6.45, 7) is 2.97. The molecule has 1 atom stereocenters. The summed E-state index contributed by atoms with van der Waals surface area (Å²) in [5, 5.41) is 6.75. The maximum atomic E-state index is 14.5. The molecule has 5 aliphatic rings. The van der Waals surface area contributed by atoms with E-state index in [1.165, 1.54) is 44.6 Å². The number of unbranched alkanes of at least 4 members (excludes halogenated alkanes) is 2. The molecule has 4 heteroatoms. The van der Waals surface area contributed by atoms with Gasteiger partial charge in [0, 0.05) is 24.9 Å². The van der Waals surface area contributed by atoms with Gasteiger partial charge in [-0.25, -0.2) is 4.39 Å². The van der Waals surface area contributed by atoms with Crippen molar-refractivity contribution in [3.63, 3.8) is 0 Å². The van der Waals surface area contributed by atoms with Crippen molar-refractivity contribution in [2.45, 2.75) is 90.0 Å². The van der Waals surface area contributed by atoms with E-state index in [0.29, 0.717) is 29.5 Å². The molecule has 0 saturated heterocycles. The lowest BCUT2D eigenvalue weighted by Crippen LogP contribution is -2.46. The molecule has 0 spiro atoms. The third-order valence-corrected chi connectivity index (χ3v) is 8.62. The lowest BCUT2D eigenvalue weighted by Gasteiger charge is -2.57. The smallest absolute Gasteiger partial charge is 0.178 e. The number of carbonyl (C=O) groups excluding carboxylic acids is 1. The lowest BCUT2D eigenvalue weighted by molar-refractivity contribution is -0.115. The van der Waals surface area contributed by atoms with Crippen LogP contribution in [-0.4, -0.2) is 23.0 Å². The standard InChI is InChI=1S/C27H37FN2O/c1-2-3-6-11-30-25(22-7-4-5-8-23(22)28)15-24(29-30)26(31)9-10-27-16-19-12-20(17-27)14-21(13-19)18-27/h4-5,7-8,19-21,25H,2-3,6,9-18H2,1H3. The fourth-order valence-corrected chi connectivity index (χ4v) is 7.59. The van der Waals surface area contributed by atoms with Crippen LogP contribution in [0.5, 0.6) is 0 Å². The van der Waals surface area contributed by atoms with E-state index in [-0.39, 0.29) is 17.6 Å². The molecule has 0 aromatic heterocycles. The maximum Gasteiger partial charge on any atom is 0.178 e. The van der Waals surface area contributed by atoms with Gasteiger partial charge in [0.15, 0.2) is 5.78 Å². The maximum absolute atomic E-state index is 14.5. The van der Waals surface area contributed by atoms with Crippen LogP contribution in [0.15, 0.2) is 29.4 Å². The van der Waals surface area contributed by atoms with E-state index < -0.39 is 0 Å². The summed E-state index contributed by atoms with van der Waals surface area (Å²) < 4.78 is 14.5. The lowest BCUT2D eigenvalue weighted by atomic mass is 9.48. The Hall–Kier alpha value is -1.71. The van der Waals surface area contributed by atoms with Crippen LogP contribution in [0.25, 0.3) is 0 Å². The summed E-state index contributed by atoms with van der Waals surface area (Å²) in [6, 6.07) is 6.84. The average Bonchev–Trinajstić information content (AvgIpc) is 3.16. The first-order valence-electron chi connectivity index (χ1n) is 12.7. The van der Waals surface area contributed by atoms with Crippen LogP contribution >= 0.6 is 0 Å². The van der Waals surface area contributed by atoms with Crippen LogP contribution in [0, 0.1) is 29.0 Å². The molecule has 1 unspecified atom stereocenters. The van der Waals surface area contributed by atoms with Crippen LogP contribution in [0.4, 0.5) is 4.39 Å². The van der Waals surface area contributed by atoms with Crippen molar-refractivity contribution in [3.8, 4) is 0 Å². The van der Waals surface area contributed by atoms with Crippen LogP contribution in [-0.2, 0) is 4.79 Å². The minimum Gasteiger partial charge on any atom is -0.293 e. The number of benzene rings is 1. The Balaban J connectivity index is 1.26. The van der Waals surface area contributed by atoms with Crippen molar-refractivity contribution < 1.29 is 9.18 Å². The summed E-state index contributed by atoms with van der Waals surface area (Å²) in [6.07, 6.45) is 13.9. The summed E-state index contributed by atoms with van der Waals surface area (Å²) in [4.78, 5) is 13.2. The van der Waals surface area contributed by atoms with Crippen molar-refractivity contribution >= 4 is 11.5 Å². The van der Waals surface area contributed by atoms with Crippen molar-refractivity contribution in [1.29, 1.82) is 0 Å². The van der Waals surface area contributed by atoms with Gasteiger partial charge in [-0.05, 0) is 80.6 Å². The van der Waals surface area contributed by atoms with Crippen molar-refractivity contribution in [3.05, 3.63) is 35.6 Å². The van der Waals surface area contributed by atoms with Gasteiger partial charge in [-0.1, -0.05) is 38.0 Å². The topological polar surface area (TPSA) is 32.7 Å². The van der Waals surface area contributed by atoms with E-state index in [9.17, 15) is 9.18 Å². The highest BCUT2D eigenvalue weighted by atomic mass is 19.1. The normalized spacial score (nSPS) is 33.7.